The summed E-state index contributed by atoms with van der Waals surface area (Å²) >= 11 is 1.21. The smallest absolute Gasteiger partial charge is 0.151 e. The third kappa shape index (κ3) is 1.19. The number of halogens is 1. The Kier molecular flexibility index (Phi) is 2.21. The van der Waals surface area contributed by atoms with E-state index in [2.05, 4.69) is 0 Å². The topological polar surface area (TPSA) is 26.3 Å². The number of aldehydes is 1. The predicted octanol–water partition coefficient (Wildman–Crippen LogP) is 2.86. The van der Waals surface area contributed by atoms with E-state index in [1.165, 1.54) is 30.6 Å². The molecule has 2 nitrogen and oxygen atoms in total. The summed E-state index contributed by atoms with van der Waals surface area (Å²) in [5, 5.41) is 2.19. The lowest BCUT2D eigenvalue weighted by Crippen LogP contribution is -1.87. The number of hydrogen-bond acceptors (Lipinski definition) is 3. The Bertz CT molecular complexity index is 490. The standard InChI is InChI=1S/C10H7FO2S/c1-13-8-3-2-7(11)10-9(8)6(4-12)5-14-10/h2-5H,1H3. The van der Waals surface area contributed by atoms with Crippen molar-refractivity contribution in [3.05, 3.63) is 28.9 Å². The fraction of sp³-hybridized carbons (Fsp3) is 0.100. The number of benzene rings is 1. The van der Waals surface area contributed by atoms with Crippen LogP contribution in [-0.4, -0.2) is 13.4 Å². The zero-order valence-electron chi connectivity index (χ0n) is 7.41. The maximum absolute atomic E-state index is 13.3. The molecule has 0 radical (unpaired) electrons. The summed E-state index contributed by atoms with van der Waals surface area (Å²) in [6.07, 6.45) is 0.709. The molecule has 0 spiro atoms. The van der Waals surface area contributed by atoms with Gasteiger partial charge in [-0.2, -0.15) is 0 Å². The summed E-state index contributed by atoms with van der Waals surface area (Å²) in [4.78, 5) is 10.7. The van der Waals surface area contributed by atoms with Crippen LogP contribution in [0.25, 0.3) is 10.1 Å². The molecule has 2 rings (SSSR count). The molecular weight excluding hydrogens is 203 g/mol. The first-order valence-electron chi connectivity index (χ1n) is 3.96. The number of ether oxygens (including phenoxy) is 1. The van der Waals surface area contributed by atoms with Crippen LogP contribution in [0.2, 0.25) is 0 Å². The highest BCUT2D eigenvalue weighted by Gasteiger charge is 2.12. The Labute approximate surface area is 83.9 Å². The molecule has 0 atom stereocenters. The summed E-state index contributed by atoms with van der Waals surface area (Å²) in [7, 11) is 1.50. The van der Waals surface area contributed by atoms with Gasteiger partial charge in [-0.05, 0) is 12.1 Å². The van der Waals surface area contributed by atoms with E-state index in [1.54, 1.807) is 5.38 Å². The maximum atomic E-state index is 13.3. The molecule has 1 aromatic carbocycles. The van der Waals surface area contributed by atoms with Gasteiger partial charge in [0.05, 0.1) is 11.8 Å². The maximum Gasteiger partial charge on any atom is 0.151 e. The molecule has 72 valence electrons. The Hall–Kier alpha value is -1.42. The van der Waals surface area contributed by atoms with Gasteiger partial charge in [-0.3, -0.25) is 4.79 Å². The van der Waals surface area contributed by atoms with E-state index in [-0.39, 0.29) is 5.82 Å². The zero-order chi connectivity index (χ0) is 10.1. The van der Waals surface area contributed by atoms with Crippen LogP contribution in [0.1, 0.15) is 10.4 Å². The van der Waals surface area contributed by atoms with E-state index in [1.807, 2.05) is 0 Å². The van der Waals surface area contributed by atoms with Gasteiger partial charge in [0.15, 0.2) is 6.29 Å². The van der Waals surface area contributed by atoms with Crippen LogP contribution in [0.4, 0.5) is 4.39 Å². The second kappa shape index (κ2) is 3.38. The van der Waals surface area contributed by atoms with Crippen molar-refractivity contribution in [3.63, 3.8) is 0 Å². The minimum Gasteiger partial charge on any atom is -0.496 e. The number of rotatable bonds is 2. The number of methoxy groups -OCH3 is 1. The van der Waals surface area contributed by atoms with Gasteiger partial charge in [-0.1, -0.05) is 0 Å². The number of carbonyl (C=O) groups excluding carboxylic acids is 1. The van der Waals surface area contributed by atoms with Gasteiger partial charge in [-0.15, -0.1) is 11.3 Å². The van der Waals surface area contributed by atoms with Crippen LogP contribution in [0.3, 0.4) is 0 Å². The SMILES string of the molecule is COc1ccc(F)c2scc(C=O)c12. The first kappa shape index (κ1) is 9.15. The highest BCUT2D eigenvalue weighted by Crippen LogP contribution is 2.34. The molecule has 4 heteroatoms. The Balaban J connectivity index is 2.88. The van der Waals surface area contributed by atoms with Gasteiger partial charge in [0.2, 0.25) is 0 Å². The molecule has 1 heterocycles. The van der Waals surface area contributed by atoms with Crippen molar-refractivity contribution < 1.29 is 13.9 Å². The number of fused-ring (bicyclic) bond motifs is 1. The quantitative estimate of drug-likeness (QED) is 0.712. The molecule has 14 heavy (non-hydrogen) atoms. The summed E-state index contributed by atoms with van der Waals surface area (Å²) in [6.45, 7) is 0. The lowest BCUT2D eigenvalue weighted by molar-refractivity contribution is 0.112. The van der Waals surface area contributed by atoms with Crippen molar-refractivity contribution in [1.29, 1.82) is 0 Å². The van der Waals surface area contributed by atoms with E-state index in [0.717, 1.165) is 0 Å². The fourth-order valence-electron chi connectivity index (χ4n) is 1.37. The normalized spacial score (nSPS) is 10.4. The monoisotopic (exact) mass is 210 g/mol. The van der Waals surface area contributed by atoms with Crippen LogP contribution in [0, 0.1) is 5.82 Å². The van der Waals surface area contributed by atoms with Crippen molar-refractivity contribution in [1.82, 2.24) is 0 Å². The Morgan fingerprint density at radius 3 is 2.93 bits per heavy atom. The minimum atomic E-state index is -0.320. The molecule has 0 aliphatic carbocycles. The van der Waals surface area contributed by atoms with Crippen molar-refractivity contribution in [3.8, 4) is 5.75 Å². The second-order valence-electron chi connectivity index (χ2n) is 2.76. The van der Waals surface area contributed by atoms with Crippen molar-refractivity contribution in [2.45, 2.75) is 0 Å². The molecular formula is C10H7FO2S. The van der Waals surface area contributed by atoms with E-state index in [0.29, 0.717) is 27.7 Å². The number of hydrogen-bond donors (Lipinski definition) is 0. The molecule has 2 aromatic rings. The zero-order valence-corrected chi connectivity index (χ0v) is 8.23. The Morgan fingerprint density at radius 1 is 1.50 bits per heavy atom. The minimum absolute atomic E-state index is 0.320. The average molecular weight is 210 g/mol. The van der Waals surface area contributed by atoms with E-state index in [9.17, 15) is 9.18 Å². The third-order valence-corrected chi connectivity index (χ3v) is 3.02. The van der Waals surface area contributed by atoms with Gasteiger partial charge in [0.1, 0.15) is 11.6 Å². The summed E-state index contributed by atoms with van der Waals surface area (Å²) in [5.41, 5.74) is 0.473. The molecule has 0 aliphatic rings. The van der Waals surface area contributed by atoms with E-state index in [4.69, 9.17) is 4.74 Å². The van der Waals surface area contributed by atoms with Crippen molar-refractivity contribution in [2.24, 2.45) is 0 Å². The molecule has 0 saturated carbocycles. The van der Waals surface area contributed by atoms with Gasteiger partial charge in [-0.25, -0.2) is 4.39 Å². The molecule has 0 N–H and O–H groups in total. The van der Waals surface area contributed by atoms with Gasteiger partial charge in [0, 0.05) is 16.3 Å². The van der Waals surface area contributed by atoms with Gasteiger partial charge >= 0.3 is 0 Å². The molecule has 0 bridgehead atoms. The summed E-state index contributed by atoms with van der Waals surface area (Å²) in [5.74, 6) is 0.212. The summed E-state index contributed by atoms with van der Waals surface area (Å²) in [6, 6.07) is 2.86. The van der Waals surface area contributed by atoms with Gasteiger partial charge < -0.3 is 4.74 Å². The summed E-state index contributed by atoms with van der Waals surface area (Å²) < 4.78 is 18.8. The first-order chi connectivity index (χ1) is 6.77. The van der Waals surface area contributed by atoms with Crippen molar-refractivity contribution >= 4 is 27.7 Å². The molecule has 0 amide bonds. The largest absolute Gasteiger partial charge is 0.496 e. The lowest BCUT2D eigenvalue weighted by Gasteiger charge is -2.02. The highest BCUT2D eigenvalue weighted by molar-refractivity contribution is 7.17. The Morgan fingerprint density at radius 2 is 2.29 bits per heavy atom. The molecule has 0 saturated heterocycles. The van der Waals surface area contributed by atoms with Gasteiger partial charge in [0.25, 0.3) is 0 Å². The van der Waals surface area contributed by atoms with E-state index < -0.39 is 0 Å². The number of carbonyl (C=O) groups is 1. The third-order valence-electron chi connectivity index (χ3n) is 2.01. The van der Waals surface area contributed by atoms with Crippen LogP contribution < -0.4 is 4.74 Å². The molecule has 0 unspecified atom stereocenters. The average Bonchev–Trinajstić information content (AvgIpc) is 2.63. The molecule has 0 aliphatic heterocycles. The highest BCUT2D eigenvalue weighted by atomic mass is 32.1. The number of thiophene rings is 1. The molecule has 1 aromatic heterocycles. The van der Waals surface area contributed by atoms with Crippen LogP contribution >= 0.6 is 11.3 Å². The lowest BCUT2D eigenvalue weighted by atomic mass is 10.1. The predicted molar refractivity (Wildman–Crippen MR) is 53.7 cm³/mol. The van der Waals surface area contributed by atoms with Crippen molar-refractivity contribution in [2.75, 3.05) is 7.11 Å². The van der Waals surface area contributed by atoms with Crippen LogP contribution in [0.5, 0.6) is 5.75 Å². The van der Waals surface area contributed by atoms with Crippen LogP contribution in [0.15, 0.2) is 17.5 Å². The first-order valence-corrected chi connectivity index (χ1v) is 4.84. The fourth-order valence-corrected chi connectivity index (χ4v) is 2.30. The molecule has 0 fully saturated rings. The van der Waals surface area contributed by atoms with Crippen LogP contribution in [-0.2, 0) is 0 Å². The second-order valence-corrected chi connectivity index (χ2v) is 3.64. The van der Waals surface area contributed by atoms with E-state index >= 15 is 0 Å².